The van der Waals surface area contributed by atoms with E-state index in [-0.39, 0.29) is 17.8 Å². The summed E-state index contributed by atoms with van der Waals surface area (Å²) < 4.78 is 48.9. The molecule has 1 aromatic carbocycles. The van der Waals surface area contributed by atoms with Gasteiger partial charge in [0.15, 0.2) is 0 Å². The van der Waals surface area contributed by atoms with Gasteiger partial charge in [0.1, 0.15) is 29.3 Å². The number of methoxy groups -OCH3 is 2. The highest BCUT2D eigenvalue weighted by atomic mass is 19.4. The van der Waals surface area contributed by atoms with E-state index in [0.717, 1.165) is 12.4 Å². The third-order valence-corrected chi connectivity index (χ3v) is 4.71. The Labute approximate surface area is 165 Å². The first-order chi connectivity index (χ1) is 13.8. The average molecular weight is 410 g/mol. The maximum absolute atomic E-state index is 12.8. The zero-order valence-corrected chi connectivity index (χ0v) is 16.0. The summed E-state index contributed by atoms with van der Waals surface area (Å²) in [6.45, 7) is 0.946. The van der Waals surface area contributed by atoms with E-state index in [0.29, 0.717) is 43.0 Å². The average Bonchev–Trinajstić information content (AvgIpc) is 2.73. The quantitative estimate of drug-likeness (QED) is 0.817. The van der Waals surface area contributed by atoms with Crippen LogP contribution in [0.4, 0.5) is 19.0 Å². The number of halogens is 3. The van der Waals surface area contributed by atoms with Crippen molar-refractivity contribution in [3.8, 4) is 11.5 Å². The molecule has 0 spiro atoms. The van der Waals surface area contributed by atoms with Gasteiger partial charge in [0.25, 0.3) is 5.91 Å². The maximum Gasteiger partial charge on any atom is 0.433 e. The van der Waals surface area contributed by atoms with Gasteiger partial charge in [0, 0.05) is 36.8 Å². The van der Waals surface area contributed by atoms with Crippen LogP contribution in [0.1, 0.15) is 28.9 Å². The predicted octanol–water partition coefficient (Wildman–Crippen LogP) is 2.91. The highest BCUT2D eigenvalue weighted by molar-refractivity contribution is 5.95. The Bertz CT molecular complexity index is 846. The number of ether oxygens (including phenoxy) is 2. The number of carbonyl (C=O) groups excluding carboxylic acids is 1. The Balaban J connectivity index is 1.61. The van der Waals surface area contributed by atoms with Crippen molar-refractivity contribution in [1.29, 1.82) is 0 Å². The molecule has 0 atom stereocenters. The first-order valence-corrected chi connectivity index (χ1v) is 8.98. The van der Waals surface area contributed by atoms with Crippen LogP contribution in [0.3, 0.4) is 0 Å². The topological polar surface area (TPSA) is 76.6 Å². The van der Waals surface area contributed by atoms with Crippen molar-refractivity contribution >= 4 is 11.7 Å². The van der Waals surface area contributed by atoms with E-state index in [2.05, 4.69) is 15.3 Å². The van der Waals surface area contributed by atoms with Gasteiger partial charge in [0.2, 0.25) is 0 Å². The Morgan fingerprint density at radius 3 is 2.24 bits per heavy atom. The molecule has 3 rings (SSSR count). The van der Waals surface area contributed by atoms with Crippen molar-refractivity contribution in [2.24, 2.45) is 0 Å². The smallest absolute Gasteiger partial charge is 0.433 e. The fourth-order valence-electron chi connectivity index (χ4n) is 3.14. The molecule has 10 heteroatoms. The van der Waals surface area contributed by atoms with Crippen molar-refractivity contribution in [3.05, 3.63) is 41.9 Å². The molecule has 0 aliphatic carbocycles. The van der Waals surface area contributed by atoms with Crippen LogP contribution >= 0.6 is 0 Å². The summed E-state index contributed by atoms with van der Waals surface area (Å²) in [4.78, 5) is 21.6. The van der Waals surface area contributed by atoms with Gasteiger partial charge in [-0.2, -0.15) is 13.2 Å². The summed E-state index contributed by atoms with van der Waals surface area (Å²) in [5, 5.41) is 2.96. The van der Waals surface area contributed by atoms with Crippen molar-refractivity contribution in [2.75, 3.05) is 32.2 Å². The second-order valence-corrected chi connectivity index (χ2v) is 6.60. The van der Waals surface area contributed by atoms with E-state index in [1.807, 2.05) is 0 Å². The zero-order valence-electron chi connectivity index (χ0n) is 16.0. The molecule has 0 unspecified atom stereocenters. The van der Waals surface area contributed by atoms with Gasteiger partial charge in [-0.3, -0.25) is 4.79 Å². The lowest BCUT2D eigenvalue weighted by Crippen LogP contribution is -2.45. The van der Waals surface area contributed by atoms with Gasteiger partial charge in [-0.15, -0.1) is 0 Å². The molecule has 1 aromatic heterocycles. The minimum absolute atomic E-state index is 0.0973. The molecule has 2 heterocycles. The molecule has 7 nitrogen and oxygen atoms in total. The summed E-state index contributed by atoms with van der Waals surface area (Å²) >= 11 is 0. The highest BCUT2D eigenvalue weighted by Crippen LogP contribution is 2.29. The maximum atomic E-state index is 12.8. The number of carbonyl (C=O) groups is 1. The van der Waals surface area contributed by atoms with Crippen LogP contribution < -0.4 is 19.7 Å². The minimum atomic E-state index is -4.51. The molecule has 156 valence electrons. The third-order valence-electron chi connectivity index (χ3n) is 4.71. The largest absolute Gasteiger partial charge is 0.497 e. The van der Waals surface area contributed by atoms with Crippen molar-refractivity contribution in [2.45, 2.75) is 25.1 Å². The van der Waals surface area contributed by atoms with E-state index >= 15 is 0 Å². The Hall–Kier alpha value is -3.04. The Morgan fingerprint density at radius 2 is 1.69 bits per heavy atom. The zero-order chi connectivity index (χ0) is 21.0. The van der Waals surface area contributed by atoms with Gasteiger partial charge in [-0.25, -0.2) is 9.97 Å². The summed E-state index contributed by atoms with van der Waals surface area (Å²) in [5.74, 6) is 0.985. The SMILES string of the molecule is COc1cc(OC)cc(C(=O)NC2CCN(c3cc(C(F)(F)F)ncn3)CC2)c1. The van der Waals surface area contributed by atoms with Crippen LogP contribution in [0.5, 0.6) is 11.5 Å². The van der Waals surface area contributed by atoms with Gasteiger partial charge < -0.3 is 19.7 Å². The van der Waals surface area contributed by atoms with Gasteiger partial charge >= 0.3 is 6.18 Å². The molecule has 2 aromatic rings. The molecule has 1 aliphatic rings. The second-order valence-electron chi connectivity index (χ2n) is 6.60. The normalized spacial score (nSPS) is 15.1. The van der Waals surface area contributed by atoms with Crippen LogP contribution in [0.25, 0.3) is 0 Å². The fourth-order valence-corrected chi connectivity index (χ4v) is 3.14. The number of amides is 1. The molecule has 1 aliphatic heterocycles. The number of hydrogen-bond donors (Lipinski definition) is 1. The van der Waals surface area contributed by atoms with Crippen LogP contribution in [-0.2, 0) is 6.18 Å². The number of rotatable bonds is 5. The summed E-state index contributed by atoms with van der Waals surface area (Å²) in [5.41, 5.74) is -0.556. The minimum Gasteiger partial charge on any atom is -0.497 e. The Kier molecular flexibility index (Phi) is 6.09. The molecule has 29 heavy (non-hydrogen) atoms. The predicted molar refractivity (Wildman–Crippen MR) is 99.3 cm³/mol. The number of hydrogen-bond acceptors (Lipinski definition) is 6. The highest BCUT2D eigenvalue weighted by Gasteiger charge is 2.33. The number of nitrogens with one attached hydrogen (secondary N) is 1. The first-order valence-electron chi connectivity index (χ1n) is 8.98. The van der Waals surface area contributed by atoms with Crippen molar-refractivity contribution in [3.63, 3.8) is 0 Å². The number of anilines is 1. The molecular weight excluding hydrogens is 389 g/mol. The van der Waals surface area contributed by atoms with E-state index in [1.54, 1.807) is 23.1 Å². The summed E-state index contributed by atoms with van der Waals surface area (Å²) in [6, 6.07) is 5.76. The van der Waals surface area contributed by atoms with Crippen molar-refractivity contribution in [1.82, 2.24) is 15.3 Å². The number of benzene rings is 1. The Morgan fingerprint density at radius 1 is 1.07 bits per heavy atom. The van der Waals surface area contributed by atoms with Crippen LogP contribution in [0.2, 0.25) is 0 Å². The van der Waals surface area contributed by atoms with E-state index < -0.39 is 11.9 Å². The second kappa shape index (κ2) is 8.54. The molecule has 1 fully saturated rings. The summed E-state index contributed by atoms with van der Waals surface area (Å²) in [6.07, 6.45) is -2.43. The van der Waals surface area contributed by atoms with Crippen LogP contribution in [0.15, 0.2) is 30.6 Å². The number of alkyl halides is 3. The van der Waals surface area contributed by atoms with E-state index in [1.165, 1.54) is 14.2 Å². The summed E-state index contributed by atoms with van der Waals surface area (Å²) in [7, 11) is 3.01. The van der Waals surface area contributed by atoms with Crippen LogP contribution in [-0.4, -0.2) is 49.2 Å². The van der Waals surface area contributed by atoms with E-state index in [9.17, 15) is 18.0 Å². The number of piperidine rings is 1. The van der Waals surface area contributed by atoms with Gasteiger partial charge in [-0.1, -0.05) is 0 Å². The fraction of sp³-hybridized carbons (Fsp3) is 0.421. The number of aromatic nitrogens is 2. The lowest BCUT2D eigenvalue weighted by molar-refractivity contribution is -0.141. The van der Waals surface area contributed by atoms with Gasteiger partial charge in [0.05, 0.1) is 14.2 Å². The molecule has 1 saturated heterocycles. The first kappa shape index (κ1) is 20.7. The van der Waals surface area contributed by atoms with Gasteiger partial charge in [-0.05, 0) is 25.0 Å². The third kappa shape index (κ3) is 5.07. The molecule has 1 N–H and O–H groups in total. The lowest BCUT2D eigenvalue weighted by Gasteiger charge is -2.33. The molecular formula is C19H21F3N4O3. The molecule has 0 bridgehead atoms. The number of nitrogens with zero attached hydrogens (tertiary/aromatic N) is 3. The molecule has 1 amide bonds. The monoisotopic (exact) mass is 410 g/mol. The standard InChI is InChI=1S/C19H21F3N4O3/c1-28-14-7-12(8-15(9-14)29-2)18(27)25-13-3-5-26(6-4-13)17-10-16(19(20,21)22)23-11-24-17/h7-11,13H,3-6H2,1-2H3,(H,25,27). The molecule has 0 radical (unpaired) electrons. The van der Waals surface area contributed by atoms with Crippen molar-refractivity contribution < 1.29 is 27.4 Å². The van der Waals surface area contributed by atoms with Crippen LogP contribution in [0, 0.1) is 0 Å². The van der Waals surface area contributed by atoms with E-state index in [4.69, 9.17) is 9.47 Å². The lowest BCUT2D eigenvalue weighted by atomic mass is 10.0. The molecule has 0 saturated carbocycles.